The molecule has 2 aliphatic rings. The second-order valence-corrected chi connectivity index (χ2v) is 6.96. The molecule has 1 amide bonds. The van der Waals surface area contributed by atoms with Crippen molar-refractivity contribution >= 4 is 11.7 Å². The third kappa shape index (κ3) is 3.02. The third-order valence-corrected chi connectivity index (χ3v) is 5.24. The second kappa shape index (κ2) is 6.31. The lowest BCUT2D eigenvalue weighted by atomic mass is 9.83. The number of rotatable bonds is 3. The van der Waals surface area contributed by atoms with Gasteiger partial charge in [-0.2, -0.15) is 0 Å². The van der Waals surface area contributed by atoms with E-state index in [2.05, 4.69) is 0 Å². The van der Waals surface area contributed by atoms with Crippen LogP contribution in [-0.2, 0) is 11.3 Å². The average Bonchev–Trinajstić information content (AvgIpc) is 2.63. The van der Waals surface area contributed by atoms with Gasteiger partial charge in [-0.25, -0.2) is 0 Å². The Morgan fingerprint density at radius 3 is 2.56 bits per heavy atom. The summed E-state index contributed by atoms with van der Waals surface area (Å²) in [7, 11) is 0. The highest BCUT2D eigenvalue weighted by Gasteiger charge is 2.36. The molecule has 0 aliphatic carbocycles. The van der Waals surface area contributed by atoms with Crippen LogP contribution in [0.4, 0.5) is 0 Å². The van der Waals surface area contributed by atoms with Crippen LogP contribution in [0.25, 0.3) is 0 Å². The van der Waals surface area contributed by atoms with Crippen molar-refractivity contribution in [3.05, 3.63) is 70.1 Å². The van der Waals surface area contributed by atoms with Crippen molar-refractivity contribution in [2.45, 2.75) is 25.3 Å². The monoisotopic (exact) mass is 336 g/mol. The summed E-state index contributed by atoms with van der Waals surface area (Å²) in [4.78, 5) is 38.8. The summed E-state index contributed by atoms with van der Waals surface area (Å²) in [5, 5.41) is 0. The average molecular weight is 336 g/mol. The van der Waals surface area contributed by atoms with Gasteiger partial charge in [-0.1, -0.05) is 36.4 Å². The van der Waals surface area contributed by atoms with Gasteiger partial charge in [0.2, 0.25) is 5.91 Å². The number of aromatic nitrogens is 1. The van der Waals surface area contributed by atoms with E-state index in [0.717, 1.165) is 12.1 Å². The van der Waals surface area contributed by atoms with Crippen LogP contribution in [0.3, 0.4) is 0 Å². The lowest BCUT2D eigenvalue weighted by Crippen LogP contribution is -2.49. The highest BCUT2D eigenvalue weighted by molar-refractivity contribution is 6.07. The molecule has 5 nitrogen and oxygen atoms in total. The van der Waals surface area contributed by atoms with Gasteiger partial charge >= 0.3 is 0 Å². The van der Waals surface area contributed by atoms with Gasteiger partial charge in [0.05, 0.1) is 6.42 Å². The van der Waals surface area contributed by atoms with Crippen LogP contribution in [0.1, 0.15) is 34.8 Å². The molecular formula is C20H20N2O3. The summed E-state index contributed by atoms with van der Waals surface area (Å²) in [5.74, 6) is 0.201. The van der Waals surface area contributed by atoms with Gasteiger partial charge < -0.3 is 9.47 Å². The molecule has 0 spiro atoms. The van der Waals surface area contributed by atoms with E-state index in [-0.39, 0.29) is 35.5 Å². The summed E-state index contributed by atoms with van der Waals surface area (Å²) in [6.07, 6.45) is 0.908. The molecule has 3 heterocycles. The van der Waals surface area contributed by atoms with Gasteiger partial charge in [0.15, 0.2) is 5.78 Å². The van der Waals surface area contributed by atoms with Gasteiger partial charge in [-0.15, -0.1) is 0 Å². The summed E-state index contributed by atoms with van der Waals surface area (Å²) in [6.45, 7) is 1.86. The van der Waals surface area contributed by atoms with Gasteiger partial charge in [0, 0.05) is 42.9 Å². The number of piperidine rings is 1. The van der Waals surface area contributed by atoms with E-state index >= 15 is 0 Å². The molecule has 2 aliphatic heterocycles. The number of carbonyl (C=O) groups excluding carboxylic acids is 2. The van der Waals surface area contributed by atoms with Crippen LogP contribution in [0.2, 0.25) is 0 Å². The first-order chi connectivity index (χ1) is 12.1. The van der Waals surface area contributed by atoms with Crippen molar-refractivity contribution < 1.29 is 9.59 Å². The fourth-order valence-electron chi connectivity index (χ4n) is 4.08. The number of hydrogen-bond donors (Lipinski definition) is 0. The number of Topliss-reactive ketones (excluding diaryl/α,β-unsaturated/α-hetero) is 1. The maximum absolute atomic E-state index is 12.6. The Hall–Kier alpha value is -2.69. The number of benzene rings is 1. The smallest absolute Gasteiger partial charge is 0.250 e. The van der Waals surface area contributed by atoms with Crippen molar-refractivity contribution in [2.75, 3.05) is 13.1 Å². The summed E-state index contributed by atoms with van der Waals surface area (Å²) < 4.78 is 1.84. The van der Waals surface area contributed by atoms with Crippen LogP contribution in [0.5, 0.6) is 0 Å². The van der Waals surface area contributed by atoms with Gasteiger partial charge in [-0.3, -0.25) is 14.4 Å². The molecule has 2 unspecified atom stereocenters. The molecule has 2 bridgehead atoms. The Bertz CT molecular complexity index is 872. The number of fused-ring (bicyclic) bond motifs is 4. The molecule has 0 radical (unpaired) electrons. The first-order valence-corrected chi connectivity index (χ1v) is 8.67. The number of hydrogen-bond acceptors (Lipinski definition) is 3. The fourth-order valence-corrected chi connectivity index (χ4v) is 4.08. The Morgan fingerprint density at radius 2 is 1.76 bits per heavy atom. The van der Waals surface area contributed by atoms with E-state index in [1.54, 1.807) is 41.3 Å². The molecule has 1 aromatic carbocycles. The van der Waals surface area contributed by atoms with E-state index in [9.17, 15) is 14.4 Å². The molecule has 1 saturated heterocycles. The van der Waals surface area contributed by atoms with Crippen molar-refractivity contribution in [1.82, 2.24) is 9.47 Å². The fraction of sp³-hybridized carbons (Fsp3) is 0.350. The quantitative estimate of drug-likeness (QED) is 0.637. The van der Waals surface area contributed by atoms with Crippen molar-refractivity contribution in [3.8, 4) is 0 Å². The molecule has 0 saturated carbocycles. The molecular weight excluding hydrogens is 316 g/mol. The molecule has 0 N–H and O–H groups in total. The molecule has 2 aromatic rings. The Kier molecular flexibility index (Phi) is 3.99. The maximum atomic E-state index is 12.6. The highest BCUT2D eigenvalue weighted by atomic mass is 16.2. The van der Waals surface area contributed by atoms with Crippen LogP contribution in [-0.4, -0.2) is 34.2 Å². The van der Waals surface area contributed by atoms with E-state index in [0.29, 0.717) is 25.2 Å². The van der Waals surface area contributed by atoms with Crippen LogP contribution >= 0.6 is 0 Å². The second-order valence-electron chi connectivity index (χ2n) is 6.96. The van der Waals surface area contributed by atoms with Crippen LogP contribution < -0.4 is 5.56 Å². The minimum Gasteiger partial charge on any atom is -0.341 e. The topological polar surface area (TPSA) is 59.4 Å². The van der Waals surface area contributed by atoms with Gasteiger partial charge in [0.25, 0.3) is 5.56 Å². The minimum absolute atomic E-state index is 0.0335. The van der Waals surface area contributed by atoms with E-state index in [1.165, 1.54) is 0 Å². The summed E-state index contributed by atoms with van der Waals surface area (Å²) >= 11 is 0. The first kappa shape index (κ1) is 15.8. The number of nitrogens with zero attached hydrogens (tertiary/aromatic N) is 2. The molecule has 1 aromatic heterocycles. The zero-order chi connectivity index (χ0) is 17.4. The van der Waals surface area contributed by atoms with Crippen molar-refractivity contribution in [1.29, 1.82) is 0 Å². The Balaban J connectivity index is 1.49. The molecule has 5 heteroatoms. The van der Waals surface area contributed by atoms with E-state index < -0.39 is 0 Å². The lowest BCUT2D eigenvalue weighted by Gasteiger charge is -2.42. The Labute approximate surface area is 145 Å². The lowest BCUT2D eigenvalue weighted by molar-refractivity contribution is -0.132. The third-order valence-electron chi connectivity index (χ3n) is 5.24. The predicted octanol–water partition coefficient (Wildman–Crippen LogP) is 2.07. The zero-order valence-electron chi connectivity index (χ0n) is 13.9. The number of amides is 1. The SMILES string of the molecule is O=C(CC(=O)N1CC2CC(C1)c1cccc(=O)n1C2)c1ccccc1. The molecule has 1 fully saturated rings. The van der Waals surface area contributed by atoms with Crippen LogP contribution in [0, 0.1) is 5.92 Å². The minimum atomic E-state index is -0.141. The molecule has 4 rings (SSSR count). The summed E-state index contributed by atoms with van der Waals surface area (Å²) in [5.41, 5.74) is 1.62. The normalized spacial score (nSPS) is 21.5. The maximum Gasteiger partial charge on any atom is 0.250 e. The molecule has 2 atom stereocenters. The van der Waals surface area contributed by atoms with Gasteiger partial charge in [-0.05, 0) is 18.4 Å². The zero-order valence-corrected chi connectivity index (χ0v) is 13.9. The van der Waals surface area contributed by atoms with Crippen molar-refractivity contribution in [3.63, 3.8) is 0 Å². The highest BCUT2D eigenvalue weighted by Crippen LogP contribution is 2.35. The summed E-state index contributed by atoms with van der Waals surface area (Å²) in [6, 6.07) is 14.3. The van der Waals surface area contributed by atoms with E-state index in [1.807, 2.05) is 16.7 Å². The van der Waals surface area contributed by atoms with Crippen molar-refractivity contribution in [2.24, 2.45) is 5.92 Å². The van der Waals surface area contributed by atoms with E-state index in [4.69, 9.17) is 0 Å². The number of likely N-dealkylation sites (tertiary alicyclic amines) is 1. The predicted molar refractivity (Wildman–Crippen MR) is 93.5 cm³/mol. The largest absolute Gasteiger partial charge is 0.341 e. The first-order valence-electron chi connectivity index (χ1n) is 8.67. The van der Waals surface area contributed by atoms with Crippen LogP contribution in [0.15, 0.2) is 53.3 Å². The number of carbonyl (C=O) groups is 2. The van der Waals surface area contributed by atoms with Gasteiger partial charge in [0.1, 0.15) is 0 Å². The number of pyridine rings is 1. The number of ketones is 1. The molecule has 128 valence electrons. The Morgan fingerprint density at radius 1 is 0.960 bits per heavy atom. The molecule has 25 heavy (non-hydrogen) atoms. The standard InChI is InChI=1S/C20H20N2O3/c23-18(15-5-2-1-3-6-15)10-20(25)21-11-14-9-16(13-21)17-7-4-8-19(24)22(17)12-14/h1-8,14,16H,9-13H2.